The Morgan fingerprint density at radius 3 is 2.89 bits per heavy atom. The molecule has 1 aliphatic rings. The van der Waals surface area contributed by atoms with Gasteiger partial charge in [0.2, 0.25) is 5.91 Å². The topological polar surface area (TPSA) is 95.1 Å². The zero-order chi connectivity index (χ0) is 13.1. The van der Waals surface area contributed by atoms with Crippen LogP contribution in [0.4, 0.5) is 5.82 Å². The Morgan fingerprint density at radius 2 is 2.28 bits per heavy atom. The maximum absolute atomic E-state index is 12.0. The minimum atomic E-state index is -0.988. The van der Waals surface area contributed by atoms with Gasteiger partial charge in [-0.15, -0.1) is 0 Å². The maximum Gasteiger partial charge on any atom is 0.307 e. The molecule has 2 rings (SSSR count). The van der Waals surface area contributed by atoms with E-state index in [0.717, 1.165) is 0 Å². The highest BCUT2D eigenvalue weighted by Gasteiger charge is 2.36. The van der Waals surface area contributed by atoms with Gasteiger partial charge in [0, 0.05) is 17.3 Å². The van der Waals surface area contributed by atoms with E-state index in [0.29, 0.717) is 10.9 Å². The third-order valence-corrected chi connectivity index (χ3v) is 3.21. The van der Waals surface area contributed by atoms with E-state index < -0.39 is 17.8 Å². The van der Waals surface area contributed by atoms with Crippen molar-refractivity contribution in [2.45, 2.75) is 12.8 Å². The number of halogens is 1. The molecule has 0 bridgehead atoms. The molecule has 0 spiro atoms. The number of nitrogens with one attached hydrogen (secondary N) is 2. The first kappa shape index (κ1) is 12.6. The Bertz CT molecular complexity index is 484. The Morgan fingerprint density at radius 1 is 1.50 bits per heavy atom. The van der Waals surface area contributed by atoms with Crippen LogP contribution >= 0.6 is 11.6 Å². The number of carbonyl (C=O) groups excluding carboxylic acids is 1. The second-order valence-corrected chi connectivity index (χ2v) is 4.58. The summed E-state index contributed by atoms with van der Waals surface area (Å²) in [6.07, 6.45) is 3.73. The number of allylic oxidation sites excluding steroid dienone is 2. The van der Waals surface area contributed by atoms with Crippen molar-refractivity contribution in [3.8, 4) is 0 Å². The van der Waals surface area contributed by atoms with Crippen LogP contribution in [0.2, 0.25) is 0 Å². The van der Waals surface area contributed by atoms with Crippen LogP contribution in [-0.4, -0.2) is 27.2 Å². The number of aliphatic carboxylic acids is 1. The molecule has 96 valence electrons. The summed E-state index contributed by atoms with van der Waals surface area (Å²) >= 11 is 5.87. The van der Waals surface area contributed by atoms with Crippen LogP contribution in [0.3, 0.4) is 0 Å². The van der Waals surface area contributed by atoms with E-state index in [2.05, 4.69) is 15.5 Å². The van der Waals surface area contributed by atoms with Crippen LogP contribution in [0.1, 0.15) is 12.8 Å². The molecule has 0 aromatic carbocycles. The van der Waals surface area contributed by atoms with Crippen LogP contribution in [0, 0.1) is 11.8 Å². The highest BCUT2D eigenvalue weighted by molar-refractivity contribution is 6.29. The second-order valence-electron chi connectivity index (χ2n) is 4.09. The van der Waals surface area contributed by atoms with Crippen LogP contribution in [-0.2, 0) is 9.59 Å². The van der Waals surface area contributed by atoms with Gasteiger partial charge in [0.15, 0.2) is 5.82 Å². The van der Waals surface area contributed by atoms with E-state index >= 15 is 0 Å². The highest BCUT2D eigenvalue weighted by atomic mass is 35.5. The Balaban J connectivity index is 2.11. The fourth-order valence-electron chi connectivity index (χ4n) is 1.95. The van der Waals surface area contributed by atoms with Crippen molar-refractivity contribution in [1.29, 1.82) is 0 Å². The van der Waals surface area contributed by atoms with Gasteiger partial charge in [-0.2, -0.15) is 5.10 Å². The molecule has 18 heavy (non-hydrogen) atoms. The largest absolute Gasteiger partial charge is 0.481 e. The van der Waals surface area contributed by atoms with Crippen LogP contribution in [0.25, 0.3) is 0 Å². The molecule has 2 atom stereocenters. The zero-order valence-electron chi connectivity index (χ0n) is 9.39. The summed E-state index contributed by atoms with van der Waals surface area (Å²) in [7, 11) is 0. The van der Waals surface area contributed by atoms with Gasteiger partial charge < -0.3 is 10.4 Å². The fraction of sp³-hybridized carbons (Fsp3) is 0.364. The Kier molecular flexibility index (Phi) is 3.66. The molecular weight excluding hydrogens is 258 g/mol. The van der Waals surface area contributed by atoms with Crippen molar-refractivity contribution in [3.05, 3.63) is 23.4 Å². The predicted octanol–water partition coefficient (Wildman–Crippen LogP) is 1.58. The van der Waals surface area contributed by atoms with Crippen LogP contribution < -0.4 is 5.32 Å². The maximum atomic E-state index is 12.0. The predicted molar refractivity (Wildman–Crippen MR) is 65.0 cm³/mol. The molecule has 0 saturated carbocycles. The van der Waals surface area contributed by atoms with Crippen LogP contribution in [0.5, 0.6) is 0 Å². The van der Waals surface area contributed by atoms with Crippen molar-refractivity contribution in [3.63, 3.8) is 0 Å². The van der Waals surface area contributed by atoms with Gasteiger partial charge >= 0.3 is 5.97 Å². The van der Waals surface area contributed by atoms with Crippen molar-refractivity contribution in [1.82, 2.24) is 10.2 Å². The third-order valence-electron chi connectivity index (χ3n) is 2.90. The molecule has 1 aromatic rings. The van der Waals surface area contributed by atoms with Crippen molar-refractivity contribution in [2.75, 3.05) is 5.32 Å². The lowest BCUT2D eigenvalue weighted by molar-refractivity contribution is -0.146. The normalized spacial score (nSPS) is 23.3. The Labute approximate surface area is 108 Å². The summed E-state index contributed by atoms with van der Waals surface area (Å²) in [6, 6.07) is 1.59. The summed E-state index contributed by atoms with van der Waals surface area (Å²) in [5.74, 6) is -2.41. The van der Waals surface area contributed by atoms with Gasteiger partial charge in [-0.25, -0.2) is 0 Å². The zero-order valence-corrected chi connectivity index (χ0v) is 10.1. The van der Waals surface area contributed by atoms with Crippen molar-refractivity contribution >= 4 is 29.3 Å². The number of carboxylic acids is 1. The van der Waals surface area contributed by atoms with E-state index in [9.17, 15) is 9.59 Å². The highest BCUT2D eigenvalue weighted by Crippen LogP contribution is 2.32. The van der Waals surface area contributed by atoms with Gasteiger partial charge in [0.25, 0.3) is 0 Å². The monoisotopic (exact) mass is 269 g/mol. The summed E-state index contributed by atoms with van der Waals surface area (Å²) in [5.41, 5.74) is 0. The first-order chi connectivity index (χ1) is 8.58. The number of hydrogen-bond acceptors (Lipinski definition) is 3. The van der Waals surface area contributed by atoms with Gasteiger partial charge in [0.05, 0.1) is 11.8 Å². The number of nitrogens with zero attached hydrogens (tertiary/aromatic N) is 1. The van der Waals surface area contributed by atoms with Gasteiger partial charge in [-0.3, -0.25) is 14.7 Å². The summed E-state index contributed by atoms with van der Waals surface area (Å²) in [5, 5.41) is 18.5. The molecule has 1 heterocycles. The number of aromatic nitrogens is 2. The van der Waals surface area contributed by atoms with Gasteiger partial charge in [0.1, 0.15) is 0 Å². The van der Waals surface area contributed by atoms with E-state index in [1.54, 1.807) is 18.3 Å². The molecule has 7 heteroatoms. The first-order valence-electron chi connectivity index (χ1n) is 5.46. The number of amides is 1. The van der Waals surface area contributed by atoms with E-state index in [1.165, 1.54) is 0 Å². The van der Waals surface area contributed by atoms with Crippen molar-refractivity contribution in [2.24, 2.45) is 11.8 Å². The summed E-state index contributed by atoms with van der Waals surface area (Å²) in [6.45, 7) is 0. The molecule has 0 saturated heterocycles. The number of H-pyrrole nitrogens is 1. The minimum absolute atomic E-state index is 0.245. The molecule has 1 unspecified atom stereocenters. The van der Waals surface area contributed by atoms with Gasteiger partial charge in [-0.1, -0.05) is 17.7 Å². The lowest BCUT2D eigenvalue weighted by atomic mass is 9.82. The molecule has 3 N–H and O–H groups in total. The quantitative estimate of drug-likeness (QED) is 0.776. The lowest BCUT2D eigenvalue weighted by Gasteiger charge is -2.25. The average molecular weight is 270 g/mol. The lowest BCUT2D eigenvalue weighted by Crippen LogP contribution is -2.35. The summed E-state index contributed by atoms with van der Waals surface area (Å²) < 4.78 is 0. The first-order valence-corrected chi connectivity index (χ1v) is 5.83. The molecule has 0 fully saturated rings. The fourth-order valence-corrected chi connectivity index (χ4v) is 2.21. The smallest absolute Gasteiger partial charge is 0.307 e. The summed E-state index contributed by atoms with van der Waals surface area (Å²) in [4.78, 5) is 23.1. The van der Waals surface area contributed by atoms with E-state index in [1.807, 2.05) is 0 Å². The van der Waals surface area contributed by atoms with Crippen LogP contribution in [0.15, 0.2) is 23.4 Å². The average Bonchev–Trinajstić information content (AvgIpc) is 2.81. The SMILES string of the molecule is O=C(Nc1cc[nH]n1)C1CC(Cl)=CC[C@H]1C(=O)O. The van der Waals surface area contributed by atoms with Crippen molar-refractivity contribution < 1.29 is 14.7 Å². The van der Waals surface area contributed by atoms with Gasteiger partial charge in [-0.05, 0) is 12.8 Å². The minimum Gasteiger partial charge on any atom is -0.481 e. The number of hydrogen-bond donors (Lipinski definition) is 3. The molecule has 1 aromatic heterocycles. The number of aromatic amines is 1. The molecule has 0 aliphatic heterocycles. The number of rotatable bonds is 3. The number of carbonyl (C=O) groups is 2. The molecule has 1 aliphatic carbocycles. The molecule has 0 radical (unpaired) electrons. The number of carboxylic acid groups (broad SMARTS) is 1. The molecular formula is C11H12ClN3O3. The molecule has 6 nitrogen and oxygen atoms in total. The number of anilines is 1. The van der Waals surface area contributed by atoms with E-state index in [-0.39, 0.29) is 18.7 Å². The Hall–Kier alpha value is -1.82. The van der Waals surface area contributed by atoms with E-state index in [4.69, 9.17) is 16.7 Å². The second kappa shape index (κ2) is 5.22. The molecule has 1 amide bonds. The standard InChI is InChI=1S/C11H12ClN3O3/c12-6-1-2-7(11(17)18)8(5-6)10(16)14-9-3-4-13-15-9/h1,3-4,7-8H,2,5H2,(H,17,18)(H2,13,14,15,16)/t7-,8?/m1/s1. The third kappa shape index (κ3) is 2.70.